The highest BCUT2D eigenvalue weighted by Crippen LogP contribution is 2.49. The molecule has 10 rings (SSSR count). The van der Waals surface area contributed by atoms with Gasteiger partial charge in [0.1, 0.15) is 11.2 Å². The maximum absolute atomic E-state index is 6.18. The summed E-state index contributed by atoms with van der Waals surface area (Å²) in [6.07, 6.45) is 3.65. The van der Waals surface area contributed by atoms with Crippen LogP contribution in [0.1, 0.15) is 0 Å². The van der Waals surface area contributed by atoms with Crippen molar-refractivity contribution in [1.29, 1.82) is 0 Å². The van der Waals surface area contributed by atoms with Gasteiger partial charge in [0.25, 0.3) is 0 Å². The molecule has 4 aromatic heterocycles. The lowest BCUT2D eigenvalue weighted by Crippen LogP contribution is -2.10. The highest BCUT2D eigenvalue weighted by Gasteiger charge is 2.21. The fraction of sp³-hybridized carbons (Fsp3) is 0. The molecule has 10 aromatic rings. The molecular weight excluding hydrogens is 601 g/mol. The summed E-state index contributed by atoms with van der Waals surface area (Å²) in [5, 5.41) is 7.29. The molecule has 5 heteroatoms. The monoisotopic (exact) mass is 624 g/mol. The number of aromatic nitrogens is 1. The van der Waals surface area contributed by atoms with Gasteiger partial charge in [-0.2, -0.15) is 0 Å². The SMILES string of the molecule is c1ccc2c(c1)sc1c(N(c3ccc(-c4ccc5c(c4)oc4ccncc45)cc3)c3cccc4sc5ccccc5c34)cccc12. The molecule has 46 heavy (non-hydrogen) atoms. The van der Waals surface area contributed by atoms with Crippen LogP contribution in [0.2, 0.25) is 0 Å². The fourth-order valence-electron chi connectivity index (χ4n) is 6.86. The van der Waals surface area contributed by atoms with Crippen molar-refractivity contribution in [2.45, 2.75) is 0 Å². The number of rotatable bonds is 4. The number of benzene rings is 6. The van der Waals surface area contributed by atoms with Crippen LogP contribution in [0, 0.1) is 0 Å². The Balaban J connectivity index is 1.18. The summed E-state index contributed by atoms with van der Waals surface area (Å²) in [7, 11) is 0. The lowest BCUT2D eigenvalue weighted by Gasteiger charge is -2.27. The number of furan rings is 1. The van der Waals surface area contributed by atoms with Gasteiger partial charge in [0.05, 0.1) is 16.1 Å². The Hall–Kier alpha value is -5.49. The van der Waals surface area contributed by atoms with E-state index in [0.717, 1.165) is 38.8 Å². The Labute approximate surface area is 272 Å². The lowest BCUT2D eigenvalue weighted by molar-refractivity contribution is 0.668. The highest BCUT2D eigenvalue weighted by molar-refractivity contribution is 7.26. The predicted octanol–water partition coefficient (Wildman–Crippen LogP) is 12.9. The zero-order chi connectivity index (χ0) is 30.2. The van der Waals surface area contributed by atoms with Crippen LogP contribution in [-0.2, 0) is 0 Å². The molecule has 0 atom stereocenters. The summed E-state index contributed by atoms with van der Waals surface area (Å²) >= 11 is 3.72. The molecule has 216 valence electrons. The second kappa shape index (κ2) is 10.0. The first-order valence-corrected chi connectivity index (χ1v) is 16.9. The van der Waals surface area contributed by atoms with Crippen LogP contribution in [0.25, 0.3) is 73.4 Å². The Morgan fingerprint density at radius 3 is 2.11 bits per heavy atom. The van der Waals surface area contributed by atoms with Crippen LogP contribution in [0.15, 0.2) is 150 Å². The first-order chi connectivity index (χ1) is 22.8. The van der Waals surface area contributed by atoms with Gasteiger partial charge in [-0.15, -0.1) is 22.7 Å². The molecule has 0 saturated heterocycles. The van der Waals surface area contributed by atoms with Crippen LogP contribution in [-0.4, -0.2) is 4.98 Å². The summed E-state index contributed by atoms with van der Waals surface area (Å²) in [6, 6.07) is 48.2. The molecule has 4 heterocycles. The summed E-state index contributed by atoms with van der Waals surface area (Å²) < 4.78 is 11.4. The third-order valence-electron chi connectivity index (χ3n) is 8.98. The van der Waals surface area contributed by atoms with Crippen molar-refractivity contribution in [2.75, 3.05) is 4.90 Å². The van der Waals surface area contributed by atoms with Gasteiger partial charge in [-0.25, -0.2) is 0 Å². The predicted molar refractivity (Wildman–Crippen MR) is 197 cm³/mol. The van der Waals surface area contributed by atoms with Gasteiger partial charge in [0.15, 0.2) is 0 Å². The molecule has 0 bridgehead atoms. The molecule has 0 N–H and O–H groups in total. The van der Waals surface area contributed by atoms with Gasteiger partial charge in [-0.05, 0) is 71.8 Å². The minimum Gasteiger partial charge on any atom is -0.456 e. The highest BCUT2D eigenvalue weighted by atomic mass is 32.1. The minimum atomic E-state index is 0.860. The Bertz CT molecular complexity index is 2770. The number of fused-ring (bicyclic) bond motifs is 9. The zero-order valence-electron chi connectivity index (χ0n) is 24.5. The first kappa shape index (κ1) is 25.8. The van der Waals surface area contributed by atoms with E-state index >= 15 is 0 Å². The molecule has 0 fully saturated rings. The molecule has 6 aromatic carbocycles. The normalized spacial score (nSPS) is 11.9. The van der Waals surface area contributed by atoms with E-state index in [1.54, 1.807) is 6.20 Å². The number of thiophene rings is 2. The van der Waals surface area contributed by atoms with Crippen molar-refractivity contribution in [2.24, 2.45) is 0 Å². The number of nitrogens with zero attached hydrogens (tertiary/aromatic N) is 2. The second-order valence-electron chi connectivity index (χ2n) is 11.6. The quantitative estimate of drug-likeness (QED) is 0.195. The summed E-state index contributed by atoms with van der Waals surface area (Å²) in [4.78, 5) is 6.75. The van der Waals surface area contributed by atoms with Crippen LogP contribution in [0.3, 0.4) is 0 Å². The van der Waals surface area contributed by atoms with E-state index in [4.69, 9.17) is 4.42 Å². The third kappa shape index (κ3) is 3.86. The topological polar surface area (TPSA) is 29.3 Å². The third-order valence-corrected chi connectivity index (χ3v) is 11.3. The first-order valence-electron chi connectivity index (χ1n) is 15.3. The minimum absolute atomic E-state index is 0.860. The van der Waals surface area contributed by atoms with Crippen molar-refractivity contribution >= 4 is 102 Å². The van der Waals surface area contributed by atoms with Crippen molar-refractivity contribution in [3.63, 3.8) is 0 Å². The van der Waals surface area contributed by atoms with E-state index in [1.807, 2.05) is 34.9 Å². The summed E-state index contributed by atoms with van der Waals surface area (Å²) in [6.45, 7) is 0. The van der Waals surface area contributed by atoms with Gasteiger partial charge in [-0.3, -0.25) is 4.98 Å². The van der Waals surface area contributed by atoms with Crippen LogP contribution >= 0.6 is 22.7 Å². The number of hydrogen-bond acceptors (Lipinski definition) is 5. The maximum atomic E-state index is 6.18. The summed E-state index contributed by atoms with van der Waals surface area (Å²) in [5.74, 6) is 0. The largest absolute Gasteiger partial charge is 0.456 e. The molecular formula is C41H24N2OS2. The van der Waals surface area contributed by atoms with E-state index in [2.05, 4.69) is 137 Å². The van der Waals surface area contributed by atoms with E-state index in [0.29, 0.717) is 0 Å². The van der Waals surface area contributed by atoms with Gasteiger partial charge < -0.3 is 9.32 Å². The van der Waals surface area contributed by atoms with Crippen molar-refractivity contribution in [3.8, 4) is 11.1 Å². The Morgan fingerprint density at radius 2 is 1.22 bits per heavy atom. The number of hydrogen-bond donors (Lipinski definition) is 0. The summed E-state index contributed by atoms with van der Waals surface area (Å²) in [5.41, 5.74) is 7.49. The molecule has 3 nitrogen and oxygen atoms in total. The average Bonchev–Trinajstić information content (AvgIpc) is 3.80. The molecule has 0 aliphatic rings. The van der Waals surface area contributed by atoms with Crippen LogP contribution in [0.5, 0.6) is 0 Å². The lowest BCUT2D eigenvalue weighted by atomic mass is 10.0. The standard InChI is InChI=1S/C41H24N2OS2/c1-3-12-37-29(7-1)30-9-5-11-34(41(30)46-37)43(33-10-6-14-39-40(33)31-8-2-4-13-38(31)45-39)27-18-15-25(16-19-27)26-17-20-28-32-24-42-22-21-35(32)44-36(28)23-26/h1-24H. The maximum Gasteiger partial charge on any atom is 0.138 e. The van der Waals surface area contributed by atoms with Crippen molar-refractivity contribution < 1.29 is 4.42 Å². The molecule has 0 aliphatic heterocycles. The van der Waals surface area contributed by atoms with Crippen molar-refractivity contribution in [1.82, 2.24) is 4.98 Å². The van der Waals surface area contributed by atoms with E-state index in [9.17, 15) is 0 Å². The molecule has 0 radical (unpaired) electrons. The smallest absolute Gasteiger partial charge is 0.138 e. The fourth-order valence-corrected chi connectivity index (χ4v) is 9.19. The van der Waals surface area contributed by atoms with Gasteiger partial charge in [0, 0.05) is 64.5 Å². The Morgan fingerprint density at radius 1 is 0.500 bits per heavy atom. The van der Waals surface area contributed by atoms with E-state index < -0.39 is 0 Å². The molecule has 0 aliphatic carbocycles. The van der Waals surface area contributed by atoms with Gasteiger partial charge in [0.2, 0.25) is 0 Å². The van der Waals surface area contributed by atoms with Crippen LogP contribution in [0.4, 0.5) is 17.1 Å². The Kier molecular flexibility index (Phi) is 5.61. The zero-order valence-corrected chi connectivity index (χ0v) is 26.1. The number of pyridine rings is 1. The van der Waals surface area contributed by atoms with E-state index in [1.165, 1.54) is 51.7 Å². The molecule has 0 spiro atoms. The number of anilines is 3. The van der Waals surface area contributed by atoms with E-state index in [-0.39, 0.29) is 0 Å². The average molecular weight is 625 g/mol. The van der Waals surface area contributed by atoms with Crippen molar-refractivity contribution in [3.05, 3.63) is 146 Å². The van der Waals surface area contributed by atoms with Gasteiger partial charge >= 0.3 is 0 Å². The van der Waals surface area contributed by atoms with Gasteiger partial charge in [-0.1, -0.05) is 72.8 Å². The van der Waals surface area contributed by atoms with Crippen LogP contribution < -0.4 is 4.90 Å². The molecule has 0 unspecified atom stereocenters. The second-order valence-corrected chi connectivity index (χ2v) is 13.7. The molecule has 0 amide bonds. The molecule has 0 saturated carbocycles.